The second-order valence-electron chi connectivity index (χ2n) is 35.5. The van der Waals surface area contributed by atoms with E-state index in [1.54, 1.807) is 220 Å². The lowest BCUT2D eigenvalue weighted by Gasteiger charge is -2.22. The van der Waals surface area contributed by atoms with Crippen molar-refractivity contribution >= 4 is 201 Å². The molecule has 38 nitrogen and oxygen atoms in total. The van der Waals surface area contributed by atoms with Gasteiger partial charge < -0.3 is 41.0 Å². The largest absolute Gasteiger partial charge is 0.454 e. The highest BCUT2D eigenvalue weighted by atomic mass is 35.5. The highest BCUT2D eigenvalue weighted by molar-refractivity contribution is 7.90. The summed E-state index contributed by atoms with van der Waals surface area (Å²) in [5.74, 6) is 0. The number of rotatable bonds is 28. The first kappa shape index (κ1) is 119. The Bertz CT molecular complexity index is 7080. The van der Waals surface area contributed by atoms with Gasteiger partial charge in [0.05, 0.1) is 86.6 Å². The average molecular weight is 2200 g/mol. The summed E-state index contributed by atoms with van der Waals surface area (Å²) < 4.78 is 135. The maximum atomic E-state index is 13.4. The quantitative estimate of drug-likeness (QED) is 0.00413. The van der Waals surface area contributed by atoms with Gasteiger partial charge in [-0.15, -0.1) is 45.3 Å². The van der Waals surface area contributed by atoms with Crippen LogP contribution in [0.2, 0.25) is 0 Å². The summed E-state index contributed by atoms with van der Waals surface area (Å²) in [6.07, 6.45) is 4.41. The van der Waals surface area contributed by atoms with Crippen LogP contribution in [0.15, 0.2) is 219 Å². The molecule has 0 aliphatic rings. The zero-order chi connectivity index (χ0) is 108. The van der Waals surface area contributed by atoms with Gasteiger partial charge in [-0.05, 0) is 284 Å². The van der Waals surface area contributed by atoms with Crippen molar-refractivity contribution < 1.29 is 81.6 Å². The molecule has 12 rings (SSSR count). The molecule has 4 aromatic heterocycles. The van der Waals surface area contributed by atoms with Crippen molar-refractivity contribution in [2.75, 3.05) is 59.2 Å². The maximum absolute atomic E-state index is 13.4. The fourth-order valence-electron chi connectivity index (χ4n) is 12.3. The predicted octanol–water partition coefficient (Wildman–Crippen LogP) is 22.5. The fraction of sp³-hybridized carbons (Fsp3) is 0.312. The summed E-state index contributed by atoms with van der Waals surface area (Å²) in [5.41, 5.74) is 15.7. The molecule has 3 amide bonds. The smallest absolute Gasteiger partial charge is 0.411 e. The number of nitro groups is 2. The normalized spacial score (nSPS) is 11.5. The van der Waals surface area contributed by atoms with Gasteiger partial charge in [0.25, 0.3) is 11.4 Å². The maximum Gasteiger partial charge on any atom is 0.411 e. The van der Waals surface area contributed by atoms with Crippen molar-refractivity contribution in [1.29, 1.82) is 0 Å². The molecule has 0 aliphatic carbocycles. The van der Waals surface area contributed by atoms with Crippen LogP contribution in [-0.4, -0.2) is 158 Å². The Kier molecular flexibility index (Phi) is 43.6. The number of thiocarbonyl (C=S) groups is 2. The first-order valence-corrected chi connectivity index (χ1v) is 54.6. The number of nitro benzene ring substituents is 2. The van der Waals surface area contributed by atoms with Crippen LogP contribution in [0.5, 0.6) is 0 Å². The molecule has 0 saturated carbocycles. The molecule has 8 aromatic carbocycles. The van der Waals surface area contributed by atoms with Crippen LogP contribution < -0.4 is 56.9 Å². The van der Waals surface area contributed by atoms with Crippen LogP contribution in [-0.2, 0) is 59.0 Å². The van der Waals surface area contributed by atoms with E-state index in [0.717, 1.165) is 26.8 Å². The summed E-state index contributed by atoms with van der Waals surface area (Å²) in [6.45, 7) is 36.6. The molecule has 49 heteroatoms. The molecule has 0 spiro atoms. The van der Waals surface area contributed by atoms with Crippen LogP contribution >= 0.6 is 81.4 Å². The number of benzene rings is 8. The van der Waals surface area contributed by atoms with Crippen molar-refractivity contribution in [2.24, 2.45) is 4.99 Å². The zero-order valence-corrected chi connectivity index (χ0v) is 91.8. The number of hydrogen-bond acceptors (Lipinski definition) is 33. The van der Waals surface area contributed by atoms with Crippen molar-refractivity contribution in [2.45, 2.75) is 192 Å². The number of sulfonamides is 4. The van der Waals surface area contributed by atoms with E-state index in [0.29, 0.717) is 103 Å². The minimum Gasteiger partial charge on any atom is -0.454 e. The van der Waals surface area contributed by atoms with E-state index in [1.807, 2.05) is 64.1 Å². The Morgan fingerprint density at radius 2 is 0.662 bits per heavy atom. The van der Waals surface area contributed by atoms with Gasteiger partial charge in [-0.1, -0.05) is 24.3 Å². The molecular weight excluding hydrogens is 2080 g/mol. The lowest BCUT2D eigenvalue weighted by molar-refractivity contribution is -0.385. The Morgan fingerprint density at radius 1 is 0.407 bits per heavy atom. The number of anilines is 6. The van der Waals surface area contributed by atoms with Crippen LogP contribution in [0.4, 0.5) is 64.7 Å². The topological polar surface area (TPSA) is 552 Å². The number of nitrogen functional groups attached to an aromatic ring is 2. The van der Waals surface area contributed by atoms with Gasteiger partial charge in [0.2, 0.25) is 40.1 Å². The van der Waals surface area contributed by atoms with Gasteiger partial charge in [-0.25, -0.2) is 96.7 Å². The number of nitrogens with one attached hydrogen (secondary N) is 9. The van der Waals surface area contributed by atoms with Gasteiger partial charge >= 0.3 is 23.7 Å². The molecule has 0 atom stereocenters. The van der Waals surface area contributed by atoms with Gasteiger partial charge in [-0.2, -0.15) is 0 Å². The predicted molar refractivity (Wildman–Crippen MR) is 584 cm³/mol. The first-order valence-electron chi connectivity index (χ1n) is 44.2. The summed E-state index contributed by atoms with van der Waals surface area (Å²) in [5, 5.41) is 41.1. The van der Waals surface area contributed by atoms with Crippen LogP contribution in [0.25, 0.3) is 84.0 Å². The molecule has 0 aliphatic heterocycles. The molecule has 776 valence electrons. The van der Waals surface area contributed by atoms with Crippen molar-refractivity contribution in [3.05, 3.63) is 215 Å². The second kappa shape index (κ2) is 52.9. The van der Waals surface area contributed by atoms with Gasteiger partial charge in [0.15, 0.2) is 5.11 Å². The molecule has 0 fully saturated rings. The number of isothiocyanates is 1. The van der Waals surface area contributed by atoms with Crippen LogP contribution in [0.1, 0.15) is 138 Å². The molecule has 0 saturated heterocycles. The van der Waals surface area contributed by atoms with Crippen molar-refractivity contribution in [3.63, 3.8) is 0 Å². The van der Waals surface area contributed by atoms with E-state index in [9.17, 15) is 73.1 Å². The number of hydrogen-bond donors (Lipinski definition) is 11. The molecule has 0 bridgehead atoms. The standard InChI is InChI=1S/C26H33N5O4S3.C22H24N4O6S2.C22H26N4O4S2.C19H20N4O4S2.C4H7NS.C3H5ClO2/c1-7-35-25(32)30-19-12-13-20(22(14-19)38(33,34)31-26(4,5)6)21-15-27-23(37-21)17-8-10-18(11-9-17)29-24(36)28-16(2)3;1-5-32-21(27)24-15-8-11-17(19(12-15)34(30,31)25-22(2,3)4)18-13-23-20(33-18)14-6-9-16(10-7-14)26(28)29;1-5-30-21(27)25-16-10-11-17(19(12-16)32(28,29)26-22(2,3)4)18-13-24-20(31-18)14-6-8-15(23)9-7-14;1-19(2,3)22-29(26,27)17-10-13(20)6-9-15(17)16-11-21-18(28-16)12-4-7-14(8-5-12)23(24)25;1-4(2)5-3-6;1-2-6-3(4)5/h8-16,31H,7H2,1-6H3,(H,30,32)(H2,28,29,36);6-13,25H,5H2,1-4H3,(H,24,27);6-13,26H,5,23H2,1-4H3,(H,25,27);4-11,22H,20H2,1-3H3;4H,1-2H3;2H2,1H3. The summed E-state index contributed by atoms with van der Waals surface area (Å²) >= 11 is 19.6. The van der Waals surface area contributed by atoms with E-state index in [4.69, 9.17) is 49.5 Å². The molecule has 4 heterocycles. The highest BCUT2D eigenvalue weighted by Crippen LogP contribution is 2.43. The van der Waals surface area contributed by atoms with Crippen LogP contribution in [0.3, 0.4) is 0 Å². The Labute approximate surface area is 875 Å². The van der Waals surface area contributed by atoms with Gasteiger partial charge in [0.1, 0.15) is 20.0 Å². The lowest BCUT2D eigenvalue weighted by atomic mass is 10.1. The van der Waals surface area contributed by atoms with Gasteiger partial charge in [-0.3, -0.25) is 36.2 Å². The fourth-order valence-corrected chi connectivity index (χ4v) is 23.7. The first-order chi connectivity index (χ1) is 67.6. The Balaban J connectivity index is 0.000000253. The number of thiazole rings is 4. The Hall–Kier alpha value is -12.6. The van der Waals surface area contributed by atoms with E-state index >= 15 is 0 Å². The summed E-state index contributed by atoms with van der Waals surface area (Å²) in [6, 6.07) is 46.2. The number of carbonyl (C=O) groups excluding carboxylic acids is 4. The average Bonchev–Trinajstić information content (AvgIpc) is 1.73. The lowest BCUT2D eigenvalue weighted by Crippen LogP contribution is -2.40. The van der Waals surface area contributed by atoms with E-state index in [2.05, 4.69) is 92.5 Å². The monoisotopic (exact) mass is 2190 g/mol. The van der Waals surface area contributed by atoms with Crippen molar-refractivity contribution in [3.8, 4) is 84.0 Å². The highest BCUT2D eigenvalue weighted by Gasteiger charge is 2.33. The number of aliphatic imine (C=N–C) groups is 1. The third kappa shape index (κ3) is 38.7. The molecular formula is C96H115ClN18O20S10. The molecule has 145 heavy (non-hydrogen) atoms. The third-order valence-electron chi connectivity index (χ3n) is 17.7. The van der Waals surface area contributed by atoms with E-state index < -0.39 is 95.8 Å². The number of nitrogens with two attached hydrogens (primary N) is 2. The summed E-state index contributed by atoms with van der Waals surface area (Å²) in [7, 11) is -15.6. The minimum atomic E-state index is -3.98. The number of halogens is 1. The second-order valence-corrected chi connectivity index (χ2v) is 47.1. The minimum absolute atomic E-state index is 0.00861. The number of carbonyl (C=O) groups is 4. The van der Waals surface area contributed by atoms with Crippen LogP contribution in [0, 0.1) is 20.2 Å². The SMILES string of the molecule is CC(C)(C)NS(=O)(=O)c1cc(N)ccc1-c1cnc(-c2ccc([N+](=O)[O-])cc2)s1.CC(C)N=C=S.CCOC(=O)Cl.CCOC(=O)Nc1ccc(-c2cnc(-c3ccc(N)cc3)s2)c(S(=O)(=O)NC(C)(C)C)c1.CCOC(=O)Nc1ccc(-c2cnc(-c3ccc(NC(=S)NC(C)C)cc3)s2)c(S(=O)(=O)NC(C)(C)C)c1.CCOC(=O)Nc1ccc(-c2cnc(-c3ccc([N+](=O)[O-])cc3)s2)c(S(=O)(=O)NC(C)(C)C)c1. The molecule has 0 radical (unpaired) electrons. The molecule has 13 N–H and O–H groups in total. The third-order valence-corrected chi connectivity index (χ3v) is 29.7. The summed E-state index contributed by atoms with van der Waals surface area (Å²) in [4.78, 5) is 90.0. The number of nitrogens with zero attached hydrogens (tertiary/aromatic N) is 7. The number of aromatic nitrogens is 4. The van der Waals surface area contributed by atoms with Crippen molar-refractivity contribution in [1.82, 2.24) is 44.1 Å². The Morgan fingerprint density at radius 3 is 0.897 bits per heavy atom. The molecule has 0 unspecified atom stereocenters. The zero-order valence-electron chi connectivity index (χ0n) is 82.9. The van der Waals surface area contributed by atoms with Gasteiger partial charge in [0, 0.05) is 167 Å². The number of amides is 3. The number of non-ortho nitro benzene ring substituents is 2. The number of ether oxygens (including phenoxy) is 4. The van der Waals surface area contributed by atoms with E-state index in [-0.39, 0.29) is 62.5 Å². The molecule has 12 aromatic rings. The van der Waals surface area contributed by atoms with E-state index in [1.165, 1.54) is 93.9 Å².